The molecule has 2 aliphatic heterocycles. The standard InChI is InChI=1S/C20H21F3N4O3/c21-20(22,23)16-9-25-17(10-24-16)26-15-5-7-27(8-6-15)18(28)13-1-3-14(4-2-13)19(29)11-30-12-19/h1-4,9-10,15,29H,5-8,11-12H2,(H,25,26). The summed E-state index contributed by atoms with van der Waals surface area (Å²) in [6.07, 6.45) is -1.45. The molecule has 0 bridgehead atoms. The van der Waals surface area contributed by atoms with Crippen LogP contribution < -0.4 is 5.32 Å². The second-order valence-electron chi connectivity index (χ2n) is 7.60. The Labute approximate surface area is 170 Å². The average molecular weight is 422 g/mol. The Morgan fingerprint density at radius 1 is 1.13 bits per heavy atom. The largest absolute Gasteiger partial charge is 0.434 e. The van der Waals surface area contributed by atoms with Gasteiger partial charge in [0.15, 0.2) is 5.69 Å². The molecule has 0 spiro atoms. The number of rotatable bonds is 4. The molecule has 2 saturated heterocycles. The molecule has 3 heterocycles. The second kappa shape index (κ2) is 7.84. The molecule has 30 heavy (non-hydrogen) atoms. The van der Waals surface area contributed by atoms with Crippen LogP contribution in [-0.4, -0.2) is 58.2 Å². The van der Waals surface area contributed by atoms with E-state index in [9.17, 15) is 23.1 Å². The number of hydrogen-bond acceptors (Lipinski definition) is 6. The smallest absolute Gasteiger partial charge is 0.380 e. The van der Waals surface area contributed by atoms with E-state index in [1.807, 2.05) is 0 Å². The monoisotopic (exact) mass is 422 g/mol. The number of carbonyl (C=O) groups is 1. The first-order chi connectivity index (χ1) is 14.2. The van der Waals surface area contributed by atoms with Gasteiger partial charge in [0.1, 0.15) is 11.4 Å². The van der Waals surface area contributed by atoms with E-state index >= 15 is 0 Å². The van der Waals surface area contributed by atoms with Crippen LogP contribution in [0.1, 0.15) is 34.5 Å². The fourth-order valence-corrected chi connectivity index (χ4v) is 3.55. The fraction of sp³-hybridized carbons (Fsp3) is 0.450. The van der Waals surface area contributed by atoms with E-state index in [-0.39, 0.29) is 31.0 Å². The molecule has 4 rings (SSSR count). The van der Waals surface area contributed by atoms with Crippen molar-refractivity contribution < 1.29 is 27.8 Å². The number of ether oxygens (including phenoxy) is 1. The highest BCUT2D eigenvalue weighted by Crippen LogP contribution is 2.30. The number of benzene rings is 1. The predicted molar refractivity (Wildman–Crippen MR) is 101 cm³/mol. The quantitative estimate of drug-likeness (QED) is 0.787. The Morgan fingerprint density at radius 3 is 2.30 bits per heavy atom. The van der Waals surface area contributed by atoms with E-state index in [1.165, 1.54) is 0 Å². The highest BCUT2D eigenvalue weighted by molar-refractivity contribution is 5.94. The SMILES string of the molecule is O=C(c1ccc(C2(O)COC2)cc1)N1CCC(Nc2cnc(C(F)(F)F)cn2)CC1. The summed E-state index contributed by atoms with van der Waals surface area (Å²) in [6, 6.07) is 6.89. The minimum Gasteiger partial charge on any atom is -0.380 e. The number of nitrogens with one attached hydrogen (secondary N) is 1. The lowest BCUT2D eigenvalue weighted by Gasteiger charge is -2.37. The molecule has 10 heteroatoms. The van der Waals surface area contributed by atoms with Gasteiger partial charge in [-0.3, -0.25) is 4.79 Å². The van der Waals surface area contributed by atoms with Gasteiger partial charge in [-0.1, -0.05) is 12.1 Å². The number of aromatic nitrogens is 2. The zero-order valence-electron chi connectivity index (χ0n) is 16.0. The van der Waals surface area contributed by atoms with Gasteiger partial charge in [-0.25, -0.2) is 9.97 Å². The summed E-state index contributed by atoms with van der Waals surface area (Å²) in [4.78, 5) is 21.6. The molecule has 1 amide bonds. The molecule has 0 radical (unpaired) electrons. The Kier molecular flexibility index (Phi) is 5.37. The first-order valence-electron chi connectivity index (χ1n) is 9.60. The van der Waals surface area contributed by atoms with Crippen molar-refractivity contribution in [3.05, 3.63) is 53.5 Å². The molecule has 0 atom stereocenters. The third kappa shape index (κ3) is 4.24. The van der Waals surface area contributed by atoms with Gasteiger partial charge in [0.05, 0.1) is 25.6 Å². The molecule has 1 aromatic carbocycles. The molecular weight excluding hydrogens is 401 g/mol. The van der Waals surface area contributed by atoms with Crippen molar-refractivity contribution in [3.8, 4) is 0 Å². The van der Waals surface area contributed by atoms with Crippen LogP contribution in [0.15, 0.2) is 36.7 Å². The number of halogens is 3. The van der Waals surface area contributed by atoms with Crippen molar-refractivity contribution in [1.82, 2.24) is 14.9 Å². The number of aliphatic hydroxyl groups is 1. The first-order valence-corrected chi connectivity index (χ1v) is 9.60. The van der Waals surface area contributed by atoms with E-state index in [0.717, 1.165) is 11.8 Å². The van der Waals surface area contributed by atoms with Crippen LogP contribution in [0.3, 0.4) is 0 Å². The Balaban J connectivity index is 1.30. The van der Waals surface area contributed by atoms with E-state index < -0.39 is 17.5 Å². The summed E-state index contributed by atoms with van der Waals surface area (Å²) in [6.45, 7) is 1.54. The maximum Gasteiger partial charge on any atom is 0.434 e. The number of nitrogens with zero attached hydrogens (tertiary/aromatic N) is 3. The van der Waals surface area contributed by atoms with Crippen LogP contribution in [0.4, 0.5) is 19.0 Å². The van der Waals surface area contributed by atoms with E-state index in [2.05, 4.69) is 15.3 Å². The first kappa shape index (κ1) is 20.5. The maximum atomic E-state index is 12.7. The third-order valence-corrected chi connectivity index (χ3v) is 5.43. The van der Waals surface area contributed by atoms with Crippen LogP contribution in [0, 0.1) is 0 Å². The molecular formula is C20H21F3N4O3. The van der Waals surface area contributed by atoms with E-state index in [0.29, 0.717) is 37.7 Å². The third-order valence-electron chi connectivity index (χ3n) is 5.43. The lowest BCUT2D eigenvalue weighted by molar-refractivity contribution is -0.184. The number of hydrogen-bond donors (Lipinski definition) is 2. The van der Waals surface area contributed by atoms with E-state index in [4.69, 9.17) is 4.74 Å². The zero-order chi connectivity index (χ0) is 21.4. The molecule has 160 valence electrons. The van der Waals surface area contributed by atoms with Gasteiger partial charge < -0.3 is 20.1 Å². The minimum absolute atomic E-state index is 0.00433. The van der Waals surface area contributed by atoms with Gasteiger partial charge in [-0.05, 0) is 30.5 Å². The average Bonchev–Trinajstić information content (AvgIpc) is 2.72. The Morgan fingerprint density at radius 2 is 1.80 bits per heavy atom. The maximum absolute atomic E-state index is 12.7. The molecule has 7 nitrogen and oxygen atoms in total. The number of anilines is 1. The Hall–Kier alpha value is -2.72. The fourth-order valence-electron chi connectivity index (χ4n) is 3.55. The van der Waals surface area contributed by atoms with Crippen molar-refractivity contribution in [1.29, 1.82) is 0 Å². The van der Waals surface area contributed by atoms with Gasteiger partial charge >= 0.3 is 6.18 Å². The number of piperidine rings is 1. The van der Waals surface area contributed by atoms with Gasteiger partial charge in [0.25, 0.3) is 5.91 Å². The van der Waals surface area contributed by atoms with Gasteiger partial charge in [0, 0.05) is 24.7 Å². The summed E-state index contributed by atoms with van der Waals surface area (Å²) >= 11 is 0. The molecule has 2 aliphatic rings. The molecule has 2 N–H and O–H groups in total. The van der Waals surface area contributed by atoms with Crippen LogP contribution >= 0.6 is 0 Å². The number of likely N-dealkylation sites (tertiary alicyclic amines) is 1. The van der Waals surface area contributed by atoms with Crippen molar-refractivity contribution in [3.63, 3.8) is 0 Å². The van der Waals surface area contributed by atoms with Crippen molar-refractivity contribution in [2.45, 2.75) is 30.7 Å². The normalized spacial score (nSPS) is 19.3. The van der Waals surface area contributed by atoms with Crippen molar-refractivity contribution in [2.75, 3.05) is 31.6 Å². The summed E-state index contributed by atoms with van der Waals surface area (Å²) < 4.78 is 42.7. The molecule has 0 aliphatic carbocycles. The molecule has 2 aromatic rings. The van der Waals surface area contributed by atoms with Gasteiger partial charge in [0.2, 0.25) is 0 Å². The summed E-state index contributed by atoms with van der Waals surface area (Å²) in [5.74, 6) is 0.187. The molecule has 2 fully saturated rings. The van der Waals surface area contributed by atoms with Crippen molar-refractivity contribution >= 4 is 11.7 Å². The summed E-state index contributed by atoms with van der Waals surface area (Å²) in [7, 11) is 0. The van der Waals surface area contributed by atoms with Crippen molar-refractivity contribution in [2.24, 2.45) is 0 Å². The molecule has 0 unspecified atom stereocenters. The van der Waals surface area contributed by atoms with Gasteiger partial charge in [-0.15, -0.1) is 0 Å². The number of alkyl halides is 3. The van der Waals surface area contributed by atoms with Crippen LogP contribution in [0.5, 0.6) is 0 Å². The van der Waals surface area contributed by atoms with Crippen LogP contribution in [0.25, 0.3) is 0 Å². The summed E-state index contributed by atoms with van der Waals surface area (Å²) in [5, 5.41) is 13.3. The number of amides is 1. The van der Waals surface area contributed by atoms with Crippen LogP contribution in [0.2, 0.25) is 0 Å². The zero-order valence-corrected chi connectivity index (χ0v) is 16.0. The van der Waals surface area contributed by atoms with Crippen LogP contribution in [-0.2, 0) is 16.5 Å². The summed E-state index contributed by atoms with van der Waals surface area (Å²) in [5.41, 5.74) is -0.725. The lowest BCUT2D eigenvalue weighted by atomic mass is 9.91. The lowest BCUT2D eigenvalue weighted by Crippen LogP contribution is -2.46. The highest BCUT2D eigenvalue weighted by atomic mass is 19.4. The molecule has 0 saturated carbocycles. The van der Waals surface area contributed by atoms with E-state index in [1.54, 1.807) is 29.2 Å². The Bertz CT molecular complexity index is 891. The van der Waals surface area contributed by atoms with Gasteiger partial charge in [-0.2, -0.15) is 13.2 Å². The minimum atomic E-state index is -4.52. The predicted octanol–water partition coefficient (Wildman–Crippen LogP) is 2.43. The molecule has 1 aromatic heterocycles. The highest BCUT2D eigenvalue weighted by Gasteiger charge is 2.38. The topological polar surface area (TPSA) is 87.6 Å². The second-order valence-corrected chi connectivity index (χ2v) is 7.60. The number of carbonyl (C=O) groups excluding carboxylic acids is 1.